The molecule has 0 aliphatic rings. The van der Waals surface area contributed by atoms with Gasteiger partial charge in [-0.05, 0) is 60.1 Å². The van der Waals surface area contributed by atoms with Crippen molar-refractivity contribution in [3.8, 4) is 0 Å². The number of nitrogens with one attached hydrogen (secondary N) is 1. The minimum absolute atomic E-state index is 0.359. The van der Waals surface area contributed by atoms with Crippen LogP contribution in [0.1, 0.15) is 26.3 Å². The number of ether oxygens (including phenoxy) is 1. The van der Waals surface area contributed by atoms with Gasteiger partial charge in [-0.2, -0.15) is 0 Å². The second kappa shape index (κ2) is 5.68. The maximum Gasteiger partial charge on any atom is 0.407 e. The summed E-state index contributed by atoms with van der Waals surface area (Å²) >= 11 is 5.05. The maximum absolute atomic E-state index is 11.3. The van der Waals surface area contributed by atoms with E-state index in [1.165, 1.54) is 5.56 Å². The lowest BCUT2D eigenvalue weighted by atomic mass is 10.2. The van der Waals surface area contributed by atoms with Crippen molar-refractivity contribution in [3.63, 3.8) is 0 Å². The first-order valence-electron chi connectivity index (χ1n) is 5.06. The van der Waals surface area contributed by atoms with Gasteiger partial charge >= 0.3 is 6.09 Å². The molecule has 1 heterocycles. The quantitative estimate of drug-likeness (QED) is 0.927. The number of carbonyl (C=O) groups is 1. The van der Waals surface area contributed by atoms with E-state index in [0.29, 0.717) is 6.54 Å². The van der Waals surface area contributed by atoms with Crippen LogP contribution in [0.4, 0.5) is 4.79 Å². The smallest absolute Gasteiger partial charge is 0.407 e. The minimum Gasteiger partial charge on any atom is -0.444 e. The number of carbonyl (C=O) groups excluding carboxylic acids is 1. The fraction of sp³-hybridized carbons (Fsp3) is 0.545. The van der Waals surface area contributed by atoms with Gasteiger partial charge < -0.3 is 10.1 Å². The average Bonchev–Trinajstić information content (AvgIpc) is 2.48. The highest BCUT2D eigenvalue weighted by Crippen LogP contribution is 2.20. The Bertz CT molecular complexity index is 357. The Morgan fingerprint density at radius 3 is 2.75 bits per heavy atom. The molecule has 5 heteroatoms. The second-order valence-electron chi connectivity index (χ2n) is 4.44. The lowest BCUT2D eigenvalue weighted by Gasteiger charge is -2.19. The topological polar surface area (TPSA) is 38.3 Å². The highest BCUT2D eigenvalue weighted by Gasteiger charge is 2.15. The van der Waals surface area contributed by atoms with Crippen LogP contribution in [0.5, 0.6) is 0 Å². The molecule has 0 aliphatic heterocycles. The van der Waals surface area contributed by atoms with Gasteiger partial charge in [-0.3, -0.25) is 0 Å². The Balaban J connectivity index is 2.23. The molecule has 0 aliphatic carbocycles. The van der Waals surface area contributed by atoms with E-state index in [0.717, 1.165) is 10.2 Å². The highest BCUT2D eigenvalue weighted by atomic mass is 79.9. The molecule has 3 nitrogen and oxygen atoms in total. The lowest BCUT2D eigenvalue weighted by molar-refractivity contribution is 0.0528. The predicted molar refractivity (Wildman–Crippen MR) is 70.0 cm³/mol. The van der Waals surface area contributed by atoms with Crippen molar-refractivity contribution >= 4 is 33.4 Å². The van der Waals surface area contributed by atoms with Gasteiger partial charge in [0.05, 0.1) is 3.79 Å². The predicted octanol–water partition coefficient (Wildman–Crippen LogP) is 3.58. The van der Waals surface area contributed by atoms with Crippen molar-refractivity contribution in [3.05, 3.63) is 20.8 Å². The highest BCUT2D eigenvalue weighted by molar-refractivity contribution is 9.11. The third kappa shape index (κ3) is 5.51. The molecule has 1 amide bonds. The summed E-state index contributed by atoms with van der Waals surface area (Å²) in [5, 5.41) is 4.80. The Kier molecular flexibility index (Phi) is 4.80. The van der Waals surface area contributed by atoms with Crippen LogP contribution in [-0.4, -0.2) is 18.2 Å². The zero-order valence-corrected chi connectivity index (χ0v) is 12.1. The average molecular weight is 306 g/mol. The molecule has 0 spiro atoms. The number of hydrogen-bond acceptors (Lipinski definition) is 3. The largest absolute Gasteiger partial charge is 0.444 e. The molecule has 0 saturated heterocycles. The van der Waals surface area contributed by atoms with Crippen LogP contribution in [0.15, 0.2) is 15.2 Å². The Morgan fingerprint density at radius 1 is 1.56 bits per heavy atom. The zero-order chi connectivity index (χ0) is 12.2. The van der Waals surface area contributed by atoms with Crippen molar-refractivity contribution in [2.75, 3.05) is 6.54 Å². The number of rotatable bonds is 3. The molecule has 0 aromatic carbocycles. The van der Waals surface area contributed by atoms with Gasteiger partial charge in [0.25, 0.3) is 0 Å². The second-order valence-corrected chi connectivity index (χ2v) is 6.73. The van der Waals surface area contributed by atoms with Gasteiger partial charge in [0.2, 0.25) is 0 Å². The molecule has 1 N–H and O–H groups in total. The SMILES string of the molecule is CC(C)(C)OC(=O)NCCc1csc(Br)c1. The van der Waals surface area contributed by atoms with Crippen molar-refractivity contribution in [2.45, 2.75) is 32.8 Å². The fourth-order valence-corrected chi connectivity index (χ4v) is 2.34. The Hall–Kier alpha value is -0.550. The van der Waals surface area contributed by atoms with E-state index < -0.39 is 5.60 Å². The van der Waals surface area contributed by atoms with Crippen LogP contribution in [0.3, 0.4) is 0 Å². The van der Waals surface area contributed by atoms with Crippen LogP contribution in [0.25, 0.3) is 0 Å². The molecule has 0 radical (unpaired) electrons. The van der Waals surface area contributed by atoms with Crippen LogP contribution in [0, 0.1) is 0 Å². The molecule has 1 aromatic rings. The summed E-state index contributed by atoms with van der Waals surface area (Å²) in [6.07, 6.45) is 0.461. The molecule has 0 bridgehead atoms. The van der Waals surface area contributed by atoms with Crippen LogP contribution >= 0.6 is 27.3 Å². The summed E-state index contributed by atoms with van der Waals surface area (Å²) in [5.41, 5.74) is 0.781. The van der Waals surface area contributed by atoms with Gasteiger partial charge in [-0.1, -0.05) is 0 Å². The number of alkyl carbamates (subject to hydrolysis) is 1. The normalized spacial score (nSPS) is 11.2. The molecular weight excluding hydrogens is 290 g/mol. The van der Waals surface area contributed by atoms with E-state index in [1.54, 1.807) is 11.3 Å². The Morgan fingerprint density at radius 2 is 2.25 bits per heavy atom. The van der Waals surface area contributed by atoms with E-state index in [9.17, 15) is 4.79 Å². The third-order valence-corrected chi connectivity index (χ3v) is 3.26. The van der Waals surface area contributed by atoms with E-state index in [-0.39, 0.29) is 6.09 Å². The molecule has 1 aromatic heterocycles. The fourth-order valence-electron chi connectivity index (χ4n) is 1.10. The molecule has 0 unspecified atom stereocenters. The van der Waals surface area contributed by atoms with E-state index in [2.05, 4.69) is 32.7 Å². The summed E-state index contributed by atoms with van der Waals surface area (Å²) in [6, 6.07) is 2.06. The molecular formula is C11H16BrNO2S. The molecule has 0 fully saturated rings. The summed E-state index contributed by atoms with van der Waals surface area (Å²) in [4.78, 5) is 11.3. The molecule has 90 valence electrons. The van der Waals surface area contributed by atoms with Crippen LogP contribution < -0.4 is 5.32 Å². The molecule has 0 atom stereocenters. The first-order valence-corrected chi connectivity index (χ1v) is 6.74. The van der Waals surface area contributed by atoms with Crippen molar-refractivity contribution < 1.29 is 9.53 Å². The van der Waals surface area contributed by atoms with Crippen LogP contribution in [0.2, 0.25) is 0 Å². The summed E-state index contributed by atoms with van der Waals surface area (Å²) in [6.45, 7) is 6.14. The molecule has 16 heavy (non-hydrogen) atoms. The maximum atomic E-state index is 11.3. The summed E-state index contributed by atoms with van der Waals surface area (Å²) in [7, 11) is 0. The van der Waals surface area contributed by atoms with Crippen molar-refractivity contribution in [2.24, 2.45) is 0 Å². The number of amides is 1. The summed E-state index contributed by atoms with van der Waals surface area (Å²) in [5.74, 6) is 0. The third-order valence-electron chi connectivity index (χ3n) is 1.70. The zero-order valence-electron chi connectivity index (χ0n) is 9.67. The van der Waals surface area contributed by atoms with Crippen molar-refractivity contribution in [1.29, 1.82) is 0 Å². The van der Waals surface area contributed by atoms with Gasteiger partial charge in [0, 0.05) is 6.54 Å². The number of hydrogen-bond donors (Lipinski definition) is 1. The van der Waals surface area contributed by atoms with Crippen LogP contribution in [-0.2, 0) is 11.2 Å². The van der Waals surface area contributed by atoms with E-state index >= 15 is 0 Å². The first kappa shape index (κ1) is 13.5. The number of thiophene rings is 1. The van der Waals surface area contributed by atoms with Gasteiger partial charge in [0.1, 0.15) is 5.60 Å². The molecule has 1 rings (SSSR count). The van der Waals surface area contributed by atoms with Crippen molar-refractivity contribution in [1.82, 2.24) is 5.32 Å². The van der Waals surface area contributed by atoms with Gasteiger partial charge in [0.15, 0.2) is 0 Å². The van der Waals surface area contributed by atoms with Gasteiger partial charge in [-0.25, -0.2) is 4.79 Å². The van der Waals surface area contributed by atoms with E-state index in [1.807, 2.05) is 20.8 Å². The van der Waals surface area contributed by atoms with E-state index in [4.69, 9.17) is 4.74 Å². The monoisotopic (exact) mass is 305 g/mol. The number of halogens is 1. The minimum atomic E-state index is -0.435. The summed E-state index contributed by atoms with van der Waals surface area (Å²) < 4.78 is 6.24. The Labute approximate surface area is 108 Å². The standard InChI is InChI=1S/C11H16BrNO2S/c1-11(2,3)15-10(14)13-5-4-8-6-9(12)16-7-8/h6-7H,4-5H2,1-3H3,(H,13,14). The lowest BCUT2D eigenvalue weighted by Crippen LogP contribution is -2.33. The first-order chi connectivity index (χ1) is 7.37. The molecule has 0 saturated carbocycles. The van der Waals surface area contributed by atoms with Gasteiger partial charge in [-0.15, -0.1) is 11.3 Å².